The molecule has 2 nitrogen and oxygen atoms in total. The van der Waals surface area contributed by atoms with Crippen molar-refractivity contribution >= 4 is 15.9 Å². The fraction of sp³-hybridized carbons (Fsp3) is 0.600. The highest BCUT2D eigenvalue weighted by Gasteiger charge is 2.58. The van der Waals surface area contributed by atoms with E-state index in [-0.39, 0.29) is 11.2 Å². The average molecular weight is 328 g/mol. The summed E-state index contributed by atoms with van der Waals surface area (Å²) in [6, 6.07) is 5.28. The second-order valence-electron chi connectivity index (χ2n) is 6.16. The van der Waals surface area contributed by atoms with Crippen LogP contribution in [0.4, 0.5) is 4.39 Å². The van der Waals surface area contributed by atoms with Crippen molar-refractivity contribution in [2.24, 2.45) is 11.3 Å². The van der Waals surface area contributed by atoms with E-state index in [1.54, 1.807) is 12.1 Å². The molecule has 0 bridgehead atoms. The van der Waals surface area contributed by atoms with E-state index in [2.05, 4.69) is 35.1 Å². The lowest BCUT2D eigenvalue weighted by atomic mass is 9.57. The fourth-order valence-electron chi connectivity index (χ4n) is 3.64. The van der Waals surface area contributed by atoms with Gasteiger partial charge in [0.15, 0.2) is 0 Å². The number of hydrogen-bond acceptors (Lipinski definition) is 2. The molecule has 0 amide bonds. The van der Waals surface area contributed by atoms with Crippen LogP contribution in [0.5, 0.6) is 0 Å². The van der Waals surface area contributed by atoms with Gasteiger partial charge in [-0.15, -0.1) is 0 Å². The van der Waals surface area contributed by atoms with Crippen molar-refractivity contribution in [2.75, 3.05) is 6.61 Å². The Bertz CT molecular complexity index is 491. The van der Waals surface area contributed by atoms with Crippen LogP contribution in [0.15, 0.2) is 22.7 Å². The fourth-order valence-corrected chi connectivity index (χ4v) is 4.02. The Balaban J connectivity index is 1.68. The Morgan fingerprint density at radius 3 is 3.05 bits per heavy atom. The monoisotopic (exact) mass is 327 g/mol. The number of rotatable bonds is 3. The van der Waals surface area contributed by atoms with Crippen LogP contribution in [0, 0.1) is 17.2 Å². The van der Waals surface area contributed by atoms with Gasteiger partial charge in [0, 0.05) is 35.0 Å². The molecular weight excluding hydrogens is 309 g/mol. The molecule has 1 aliphatic heterocycles. The summed E-state index contributed by atoms with van der Waals surface area (Å²) in [5.41, 5.74) is 1.14. The quantitative estimate of drug-likeness (QED) is 0.917. The van der Waals surface area contributed by atoms with Crippen molar-refractivity contribution in [3.63, 3.8) is 0 Å². The smallest absolute Gasteiger partial charge is 0.123 e. The lowest BCUT2D eigenvalue weighted by Crippen LogP contribution is -2.65. The van der Waals surface area contributed by atoms with E-state index in [1.165, 1.54) is 6.07 Å². The van der Waals surface area contributed by atoms with Gasteiger partial charge < -0.3 is 10.1 Å². The first-order chi connectivity index (χ1) is 9.00. The maximum atomic E-state index is 13.3. The predicted octanol–water partition coefficient (Wildman–Crippen LogP) is 3.49. The van der Waals surface area contributed by atoms with Gasteiger partial charge in [0.05, 0.1) is 6.10 Å². The number of ether oxygens (including phenoxy) is 1. The van der Waals surface area contributed by atoms with Gasteiger partial charge in [-0.05, 0) is 30.2 Å². The van der Waals surface area contributed by atoms with Crippen molar-refractivity contribution in [1.82, 2.24) is 5.32 Å². The van der Waals surface area contributed by atoms with Crippen LogP contribution >= 0.6 is 15.9 Å². The van der Waals surface area contributed by atoms with Gasteiger partial charge in [0.2, 0.25) is 0 Å². The predicted molar refractivity (Wildman–Crippen MR) is 76.4 cm³/mol. The average Bonchev–Trinajstić information content (AvgIpc) is 2.80. The summed E-state index contributed by atoms with van der Waals surface area (Å²) in [7, 11) is 0. The van der Waals surface area contributed by atoms with E-state index in [0.29, 0.717) is 24.6 Å². The number of hydrogen-bond donors (Lipinski definition) is 1. The van der Waals surface area contributed by atoms with Crippen molar-refractivity contribution in [3.8, 4) is 0 Å². The topological polar surface area (TPSA) is 21.3 Å². The Morgan fingerprint density at radius 1 is 1.47 bits per heavy atom. The first-order valence-electron chi connectivity index (χ1n) is 6.79. The van der Waals surface area contributed by atoms with Crippen LogP contribution in [0.3, 0.4) is 0 Å². The normalized spacial score (nSPS) is 31.9. The van der Waals surface area contributed by atoms with Gasteiger partial charge in [-0.1, -0.05) is 29.8 Å². The maximum Gasteiger partial charge on any atom is 0.123 e. The van der Waals surface area contributed by atoms with Crippen molar-refractivity contribution in [2.45, 2.75) is 39.0 Å². The largest absolute Gasteiger partial charge is 0.377 e. The SMILES string of the molecule is CC1(C)C(NCc2cc(F)ccc2Br)C2CCOC21. The van der Waals surface area contributed by atoms with Crippen molar-refractivity contribution < 1.29 is 9.13 Å². The molecule has 1 aromatic rings. The molecule has 0 spiro atoms. The summed E-state index contributed by atoms with van der Waals surface area (Å²) in [4.78, 5) is 0. The van der Waals surface area contributed by atoms with E-state index in [1.807, 2.05) is 0 Å². The third-order valence-electron chi connectivity index (χ3n) is 4.62. The maximum absolute atomic E-state index is 13.3. The third kappa shape index (κ3) is 2.24. The van der Waals surface area contributed by atoms with Crippen molar-refractivity contribution in [3.05, 3.63) is 34.1 Å². The second-order valence-corrected chi connectivity index (χ2v) is 7.01. The van der Waals surface area contributed by atoms with Gasteiger partial charge in [0.25, 0.3) is 0 Å². The molecule has 1 saturated carbocycles. The zero-order valence-electron chi connectivity index (χ0n) is 11.2. The highest BCUT2D eigenvalue weighted by Crippen LogP contribution is 2.52. The number of benzene rings is 1. The second kappa shape index (κ2) is 4.83. The summed E-state index contributed by atoms with van der Waals surface area (Å²) >= 11 is 3.47. The molecule has 1 aromatic carbocycles. The van der Waals surface area contributed by atoms with Crippen LogP contribution < -0.4 is 5.32 Å². The number of halogens is 2. The molecule has 3 atom stereocenters. The minimum Gasteiger partial charge on any atom is -0.377 e. The van der Waals surface area contributed by atoms with E-state index in [9.17, 15) is 4.39 Å². The molecule has 1 saturated heterocycles. The van der Waals surface area contributed by atoms with Crippen molar-refractivity contribution in [1.29, 1.82) is 0 Å². The molecule has 0 aromatic heterocycles. The van der Waals surface area contributed by atoms with Crippen LogP contribution in [0.2, 0.25) is 0 Å². The molecule has 2 fully saturated rings. The Morgan fingerprint density at radius 2 is 2.26 bits per heavy atom. The Hall–Kier alpha value is -0.450. The first-order valence-corrected chi connectivity index (χ1v) is 7.58. The molecule has 3 rings (SSSR count). The Kier molecular flexibility index (Phi) is 3.44. The molecule has 1 N–H and O–H groups in total. The van der Waals surface area contributed by atoms with E-state index < -0.39 is 0 Å². The highest BCUT2D eigenvalue weighted by molar-refractivity contribution is 9.10. The van der Waals surface area contributed by atoms with Gasteiger partial charge in [-0.25, -0.2) is 4.39 Å². The van der Waals surface area contributed by atoms with Crippen LogP contribution in [-0.4, -0.2) is 18.8 Å². The molecule has 3 unspecified atom stereocenters. The summed E-state index contributed by atoms with van der Waals surface area (Å²) in [5, 5.41) is 3.59. The van der Waals surface area contributed by atoms with Gasteiger partial charge >= 0.3 is 0 Å². The summed E-state index contributed by atoms with van der Waals surface area (Å²) in [6.07, 6.45) is 1.52. The molecule has 4 heteroatoms. The number of fused-ring (bicyclic) bond motifs is 1. The van der Waals surface area contributed by atoms with Gasteiger partial charge in [-0.2, -0.15) is 0 Å². The Labute approximate surface area is 121 Å². The standard InChI is InChI=1S/C15H19BrFNO/c1-15(2)13(11-5-6-19-14(11)15)18-8-9-7-10(17)3-4-12(9)16/h3-4,7,11,13-14,18H,5-6,8H2,1-2H3. The van der Waals surface area contributed by atoms with Crippen LogP contribution in [-0.2, 0) is 11.3 Å². The van der Waals surface area contributed by atoms with E-state index in [4.69, 9.17) is 4.74 Å². The van der Waals surface area contributed by atoms with Crippen LogP contribution in [0.25, 0.3) is 0 Å². The molecule has 19 heavy (non-hydrogen) atoms. The summed E-state index contributed by atoms with van der Waals surface area (Å²) < 4.78 is 20.0. The van der Waals surface area contributed by atoms with E-state index in [0.717, 1.165) is 23.1 Å². The molecule has 104 valence electrons. The highest BCUT2D eigenvalue weighted by atomic mass is 79.9. The zero-order valence-corrected chi connectivity index (χ0v) is 12.8. The zero-order chi connectivity index (χ0) is 13.6. The molecule has 1 heterocycles. The summed E-state index contributed by atoms with van der Waals surface area (Å²) in [6.45, 7) is 6.06. The molecule has 0 radical (unpaired) electrons. The van der Waals surface area contributed by atoms with Gasteiger partial charge in [0.1, 0.15) is 5.82 Å². The van der Waals surface area contributed by atoms with Crippen LogP contribution in [0.1, 0.15) is 25.8 Å². The van der Waals surface area contributed by atoms with E-state index >= 15 is 0 Å². The lowest BCUT2D eigenvalue weighted by Gasteiger charge is -2.55. The minimum absolute atomic E-state index is 0.168. The molecule has 2 aliphatic rings. The lowest BCUT2D eigenvalue weighted by molar-refractivity contribution is -0.113. The van der Waals surface area contributed by atoms with Gasteiger partial charge in [-0.3, -0.25) is 0 Å². The number of nitrogens with one attached hydrogen (secondary N) is 1. The first kappa shape index (κ1) is 13.5. The molecular formula is C15H19BrFNO. The molecule has 1 aliphatic carbocycles. The third-order valence-corrected chi connectivity index (χ3v) is 5.39. The summed E-state index contributed by atoms with van der Waals surface area (Å²) in [5.74, 6) is 0.428. The minimum atomic E-state index is -0.185.